The summed E-state index contributed by atoms with van der Waals surface area (Å²) in [5.41, 5.74) is 3.44. The number of allylic oxidation sites excluding steroid dienone is 2. The van der Waals surface area contributed by atoms with Gasteiger partial charge in [0.1, 0.15) is 6.10 Å². The molecular weight excluding hydrogens is 416 g/mol. The molecule has 4 saturated carbocycles. The third kappa shape index (κ3) is 3.08. The lowest BCUT2D eigenvalue weighted by molar-refractivity contribution is -0.212. The fourth-order valence-electron chi connectivity index (χ4n) is 11.2. The molecule has 2 heteroatoms. The molecule has 0 aromatic rings. The van der Waals surface area contributed by atoms with Crippen molar-refractivity contribution in [2.75, 3.05) is 0 Å². The predicted octanol–water partition coefficient (Wildman–Crippen LogP) is 8.60. The molecule has 2 nitrogen and oxygen atoms in total. The van der Waals surface area contributed by atoms with Crippen LogP contribution < -0.4 is 0 Å². The lowest BCUT2D eigenvalue weighted by Crippen LogP contribution is -2.65. The van der Waals surface area contributed by atoms with Gasteiger partial charge < -0.3 is 4.74 Å². The van der Waals surface area contributed by atoms with E-state index in [0.29, 0.717) is 27.6 Å². The Morgan fingerprint density at radius 3 is 2.26 bits per heavy atom. The van der Waals surface area contributed by atoms with E-state index in [1.807, 2.05) is 5.57 Å². The zero-order chi connectivity index (χ0) is 24.9. The Morgan fingerprint density at radius 1 is 0.882 bits per heavy atom. The molecule has 0 aromatic heterocycles. The van der Waals surface area contributed by atoms with Crippen LogP contribution >= 0.6 is 0 Å². The van der Waals surface area contributed by atoms with Crippen LogP contribution in [0, 0.1) is 56.7 Å². The summed E-state index contributed by atoms with van der Waals surface area (Å²) in [5.74, 6) is 3.66. The van der Waals surface area contributed by atoms with Crippen LogP contribution in [-0.4, -0.2) is 12.1 Å². The first-order valence-corrected chi connectivity index (χ1v) is 14.6. The van der Waals surface area contributed by atoms with Crippen LogP contribution in [0.15, 0.2) is 11.6 Å². The van der Waals surface area contributed by atoms with Gasteiger partial charge in [-0.25, -0.2) is 0 Å². The van der Waals surface area contributed by atoms with Crippen molar-refractivity contribution in [3.63, 3.8) is 0 Å². The average Bonchev–Trinajstić information content (AvgIpc) is 2.74. The molecule has 4 fully saturated rings. The maximum atomic E-state index is 11.9. The molecule has 34 heavy (non-hydrogen) atoms. The van der Waals surface area contributed by atoms with Crippen molar-refractivity contribution in [1.29, 1.82) is 0 Å². The molecule has 0 bridgehead atoms. The molecule has 10 atom stereocenters. The van der Waals surface area contributed by atoms with Gasteiger partial charge in [0.25, 0.3) is 0 Å². The summed E-state index contributed by atoms with van der Waals surface area (Å²) in [6.45, 7) is 22.1. The Balaban J connectivity index is 1.54. The van der Waals surface area contributed by atoms with Crippen molar-refractivity contribution in [3.8, 4) is 0 Å². The molecule has 5 rings (SSSR count). The number of esters is 1. The van der Waals surface area contributed by atoms with Gasteiger partial charge in [0.05, 0.1) is 0 Å². The standard InChI is InChI=1S/C32H52O2/c1-20-12-15-29(6)18-19-31(8)23(27(29)21(20)2)10-11-25-30(7)16-14-26(34-22(3)33)28(4,5)24(30)13-17-32(25,31)9/h10,20-21,24-27H,11-19H2,1-9H3/t20?,21?,24-,25+,26?,27-,29+,30-,31+,32+/m0/s1. The van der Waals surface area contributed by atoms with Gasteiger partial charge in [-0.2, -0.15) is 0 Å². The van der Waals surface area contributed by atoms with Gasteiger partial charge in [-0.1, -0.05) is 67.0 Å². The van der Waals surface area contributed by atoms with Gasteiger partial charge in [-0.15, -0.1) is 0 Å². The van der Waals surface area contributed by atoms with Crippen molar-refractivity contribution >= 4 is 5.97 Å². The van der Waals surface area contributed by atoms with Crippen molar-refractivity contribution in [3.05, 3.63) is 11.6 Å². The topological polar surface area (TPSA) is 26.3 Å². The molecule has 0 aromatic carbocycles. The largest absolute Gasteiger partial charge is 0.462 e. The lowest BCUT2D eigenvalue weighted by atomic mass is 9.33. The second-order valence-electron chi connectivity index (χ2n) is 15.3. The van der Waals surface area contributed by atoms with Crippen LogP contribution in [0.4, 0.5) is 0 Å². The lowest BCUT2D eigenvalue weighted by Gasteiger charge is -2.71. The van der Waals surface area contributed by atoms with Crippen molar-refractivity contribution in [2.24, 2.45) is 56.7 Å². The Kier molecular flexibility index (Phi) is 5.57. The number of carbonyl (C=O) groups is 1. The first kappa shape index (κ1) is 24.9. The maximum absolute atomic E-state index is 11.9. The predicted molar refractivity (Wildman–Crippen MR) is 140 cm³/mol. The van der Waals surface area contributed by atoms with Crippen LogP contribution in [0.1, 0.15) is 120 Å². The smallest absolute Gasteiger partial charge is 0.302 e. The molecule has 0 amide bonds. The van der Waals surface area contributed by atoms with Crippen LogP contribution in [0.5, 0.6) is 0 Å². The zero-order valence-electron chi connectivity index (χ0n) is 23.7. The molecule has 0 aliphatic heterocycles. The summed E-state index contributed by atoms with van der Waals surface area (Å²) in [5, 5.41) is 0. The Morgan fingerprint density at radius 2 is 1.59 bits per heavy atom. The molecular formula is C32H52O2. The van der Waals surface area contributed by atoms with Gasteiger partial charge >= 0.3 is 5.97 Å². The number of hydrogen-bond acceptors (Lipinski definition) is 2. The highest BCUT2D eigenvalue weighted by Gasteiger charge is 2.68. The summed E-state index contributed by atoms with van der Waals surface area (Å²) in [4.78, 5) is 11.9. The Bertz CT molecular complexity index is 885. The van der Waals surface area contributed by atoms with Crippen LogP contribution in [-0.2, 0) is 9.53 Å². The minimum Gasteiger partial charge on any atom is -0.462 e. The third-order valence-electron chi connectivity index (χ3n) is 13.6. The normalized spacial score (nSPS) is 54.0. The van der Waals surface area contributed by atoms with Gasteiger partial charge in [0.2, 0.25) is 0 Å². The van der Waals surface area contributed by atoms with E-state index in [9.17, 15) is 4.79 Å². The molecule has 0 spiro atoms. The summed E-state index contributed by atoms with van der Waals surface area (Å²) in [7, 11) is 0. The Hall–Kier alpha value is -0.790. The number of carbonyl (C=O) groups excluding carboxylic acids is 1. The maximum Gasteiger partial charge on any atom is 0.302 e. The average molecular weight is 469 g/mol. The summed E-state index contributed by atoms with van der Waals surface area (Å²) >= 11 is 0. The van der Waals surface area contributed by atoms with Crippen molar-refractivity contribution in [1.82, 2.24) is 0 Å². The van der Waals surface area contributed by atoms with E-state index in [-0.39, 0.29) is 17.5 Å². The van der Waals surface area contributed by atoms with E-state index in [1.54, 1.807) is 6.92 Å². The first-order chi connectivity index (χ1) is 15.7. The minimum absolute atomic E-state index is 0.0450. The van der Waals surface area contributed by atoms with E-state index in [0.717, 1.165) is 30.1 Å². The molecule has 0 heterocycles. The fraction of sp³-hybridized carbons (Fsp3) is 0.906. The van der Waals surface area contributed by atoms with E-state index in [4.69, 9.17) is 4.74 Å². The molecule has 5 aliphatic carbocycles. The second kappa shape index (κ2) is 7.61. The fourth-order valence-corrected chi connectivity index (χ4v) is 11.2. The highest BCUT2D eigenvalue weighted by Crippen LogP contribution is 2.75. The summed E-state index contributed by atoms with van der Waals surface area (Å²) in [6.07, 6.45) is 14.6. The number of hydrogen-bond donors (Lipinski definition) is 0. The quantitative estimate of drug-likeness (QED) is 0.284. The second-order valence-corrected chi connectivity index (χ2v) is 15.3. The van der Waals surface area contributed by atoms with Crippen molar-refractivity contribution in [2.45, 2.75) is 126 Å². The summed E-state index contributed by atoms with van der Waals surface area (Å²) in [6, 6.07) is 0. The van der Waals surface area contributed by atoms with Gasteiger partial charge in [0, 0.05) is 12.3 Å². The van der Waals surface area contributed by atoms with E-state index in [2.05, 4.69) is 61.5 Å². The molecule has 0 saturated heterocycles. The van der Waals surface area contributed by atoms with Gasteiger partial charge in [-0.05, 0) is 109 Å². The zero-order valence-corrected chi connectivity index (χ0v) is 23.7. The van der Waals surface area contributed by atoms with E-state index in [1.165, 1.54) is 51.4 Å². The van der Waals surface area contributed by atoms with Crippen molar-refractivity contribution < 1.29 is 9.53 Å². The summed E-state index contributed by atoms with van der Waals surface area (Å²) < 4.78 is 5.91. The molecule has 0 N–H and O–H groups in total. The molecule has 5 aliphatic rings. The van der Waals surface area contributed by atoms with Crippen LogP contribution in [0.25, 0.3) is 0 Å². The highest BCUT2D eigenvalue weighted by atomic mass is 16.5. The first-order valence-electron chi connectivity index (χ1n) is 14.6. The minimum atomic E-state index is -0.110. The number of ether oxygens (including phenoxy) is 1. The third-order valence-corrected chi connectivity index (χ3v) is 13.6. The van der Waals surface area contributed by atoms with E-state index < -0.39 is 0 Å². The molecule has 0 radical (unpaired) electrons. The van der Waals surface area contributed by atoms with E-state index >= 15 is 0 Å². The number of rotatable bonds is 1. The Labute approximate surface area is 210 Å². The van der Waals surface area contributed by atoms with Crippen LogP contribution in [0.3, 0.4) is 0 Å². The highest BCUT2D eigenvalue weighted by molar-refractivity contribution is 5.66. The van der Waals surface area contributed by atoms with Crippen LogP contribution in [0.2, 0.25) is 0 Å². The molecule has 3 unspecified atom stereocenters. The van der Waals surface area contributed by atoms with Gasteiger partial charge in [0.15, 0.2) is 0 Å². The number of fused-ring (bicyclic) bond motifs is 7. The SMILES string of the molecule is CC(=O)OC1CC[C@]2(C)[C@H]3CC=C4[C@@H]5C(C)C(C)CC[C@]5(C)CC[C@@]4(C)[C@]3(C)CC[C@H]2C1(C)C. The monoisotopic (exact) mass is 468 g/mol. The molecule has 192 valence electrons. The van der Waals surface area contributed by atoms with Gasteiger partial charge in [-0.3, -0.25) is 4.79 Å².